The first-order valence-electron chi connectivity index (χ1n) is 6.73. The number of carbonyl (C=O) groups excluding carboxylic acids is 1. The number of hydrogen-bond acceptors (Lipinski definition) is 3. The molecule has 0 fully saturated rings. The maximum absolute atomic E-state index is 13.7. The minimum absolute atomic E-state index is 0.00317. The summed E-state index contributed by atoms with van der Waals surface area (Å²) in [7, 11) is 0. The highest BCUT2D eigenvalue weighted by molar-refractivity contribution is 9.10. The van der Waals surface area contributed by atoms with Gasteiger partial charge in [0.25, 0.3) is 0 Å². The number of nitrogens with one attached hydrogen (secondary N) is 1. The van der Waals surface area contributed by atoms with Crippen LogP contribution in [0.3, 0.4) is 0 Å². The normalized spacial score (nSPS) is 10.3. The number of amides is 1. The van der Waals surface area contributed by atoms with Crippen molar-refractivity contribution in [1.82, 2.24) is 0 Å². The molecule has 1 amide bonds. The van der Waals surface area contributed by atoms with Crippen LogP contribution in [-0.2, 0) is 16.0 Å². The van der Waals surface area contributed by atoms with Gasteiger partial charge in [-0.1, -0.05) is 22.0 Å². The third-order valence-electron chi connectivity index (χ3n) is 2.93. The van der Waals surface area contributed by atoms with Gasteiger partial charge in [-0.3, -0.25) is 4.79 Å². The molecule has 0 spiro atoms. The number of carboxylic acids is 1. The molecule has 24 heavy (non-hydrogen) atoms. The van der Waals surface area contributed by atoms with E-state index in [2.05, 4.69) is 21.2 Å². The van der Waals surface area contributed by atoms with E-state index in [1.54, 1.807) is 6.07 Å². The summed E-state index contributed by atoms with van der Waals surface area (Å²) in [5.74, 6) is -3.00. The van der Waals surface area contributed by atoms with Crippen molar-refractivity contribution in [1.29, 1.82) is 0 Å². The summed E-state index contributed by atoms with van der Waals surface area (Å²) in [5.41, 5.74) is 0.138. The van der Waals surface area contributed by atoms with Gasteiger partial charge >= 0.3 is 5.97 Å². The molecule has 8 heteroatoms. The standard InChI is InChI=1S/C16H12BrF2NO4/c17-10-2-1-9(12(19)6-10)5-15(21)20-13-7-11(18)3-4-14(13)24-8-16(22)23/h1-4,6-7H,5,8H2,(H,20,21)(H,22,23). The molecular weight excluding hydrogens is 388 g/mol. The summed E-state index contributed by atoms with van der Waals surface area (Å²) in [6.45, 7) is -0.643. The summed E-state index contributed by atoms with van der Waals surface area (Å²) in [6, 6.07) is 7.54. The molecule has 0 radical (unpaired) electrons. The predicted octanol–water partition coefficient (Wildman–Crippen LogP) is 3.37. The Morgan fingerprint density at radius 2 is 1.92 bits per heavy atom. The molecule has 0 aliphatic carbocycles. The van der Waals surface area contributed by atoms with Crippen LogP contribution in [-0.4, -0.2) is 23.6 Å². The van der Waals surface area contributed by atoms with Gasteiger partial charge in [-0.2, -0.15) is 0 Å². The molecule has 0 heterocycles. The molecule has 126 valence electrons. The van der Waals surface area contributed by atoms with Gasteiger partial charge in [-0.15, -0.1) is 0 Å². The average molecular weight is 400 g/mol. The molecule has 0 bridgehead atoms. The smallest absolute Gasteiger partial charge is 0.341 e. The Kier molecular flexibility index (Phi) is 5.86. The highest BCUT2D eigenvalue weighted by atomic mass is 79.9. The second kappa shape index (κ2) is 7.87. The van der Waals surface area contributed by atoms with Gasteiger partial charge < -0.3 is 15.2 Å². The van der Waals surface area contributed by atoms with E-state index in [0.717, 1.165) is 12.1 Å². The van der Waals surface area contributed by atoms with Crippen LogP contribution in [0.25, 0.3) is 0 Å². The van der Waals surface area contributed by atoms with Crippen LogP contribution in [0.2, 0.25) is 0 Å². The van der Waals surface area contributed by atoms with E-state index in [1.807, 2.05) is 0 Å². The van der Waals surface area contributed by atoms with Gasteiger partial charge in [0, 0.05) is 10.5 Å². The number of aliphatic carboxylic acids is 1. The van der Waals surface area contributed by atoms with E-state index in [1.165, 1.54) is 18.2 Å². The Labute approximate surface area is 144 Å². The van der Waals surface area contributed by atoms with E-state index >= 15 is 0 Å². The number of carboxylic acid groups (broad SMARTS) is 1. The number of carbonyl (C=O) groups is 2. The van der Waals surface area contributed by atoms with Gasteiger partial charge in [0.2, 0.25) is 5.91 Å². The molecule has 0 saturated carbocycles. The summed E-state index contributed by atoms with van der Waals surface area (Å²) in [6.07, 6.45) is -0.270. The quantitative estimate of drug-likeness (QED) is 0.780. The van der Waals surface area contributed by atoms with E-state index in [0.29, 0.717) is 4.47 Å². The Morgan fingerprint density at radius 3 is 2.58 bits per heavy atom. The topological polar surface area (TPSA) is 75.6 Å². The van der Waals surface area contributed by atoms with Crippen molar-refractivity contribution < 1.29 is 28.2 Å². The van der Waals surface area contributed by atoms with Crippen molar-refractivity contribution in [3.63, 3.8) is 0 Å². The first kappa shape index (κ1) is 17.9. The average Bonchev–Trinajstić information content (AvgIpc) is 2.49. The Bertz CT molecular complexity index is 783. The zero-order chi connectivity index (χ0) is 17.7. The third-order valence-corrected chi connectivity index (χ3v) is 3.43. The summed E-state index contributed by atoms with van der Waals surface area (Å²) in [4.78, 5) is 22.6. The van der Waals surface area contributed by atoms with Crippen molar-refractivity contribution in [2.24, 2.45) is 0 Å². The molecule has 5 nitrogen and oxygen atoms in total. The highest BCUT2D eigenvalue weighted by Crippen LogP contribution is 2.26. The number of rotatable bonds is 6. The fourth-order valence-electron chi connectivity index (χ4n) is 1.90. The molecule has 0 aliphatic heterocycles. The molecule has 2 rings (SSSR count). The first-order valence-corrected chi connectivity index (χ1v) is 7.52. The van der Waals surface area contributed by atoms with E-state index in [4.69, 9.17) is 9.84 Å². The van der Waals surface area contributed by atoms with Crippen molar-refractivity contribution in [2.45, 2.75) is 6.42 Å². The number of hydrogen-bond donors (Lipinski definition) is 2. The number of benzene rings is 2. The van der Waals surface area contributed by atoms with Crippen molar-refractivity contribution >= 4 is 33.5 Å². The predicted molar refractivity (Wildman–Crippen MR) is 86.0 cm³/mol. The first-order chi connectivity index (χ1) is 11.3. The Hall–Kier alpha value is -2.48. The molecule has 0 aliphatic rings. The van der Waals surface area contributed by atoms with Gasteiger partial charge in [-0.25, -0.2) is 13.6 Å². The van der Waals surface area contributed by atoms with Crippen molar-refractivity contribution in [2.75, 3.05) is 11.9 Å². The van der Waals surface area contributed by atoms with Crippen LogP contribution >= 0.6 is 15.9 Å². The monoisotopic (exact) mass is 399 g/mol. The lowest BCUT2D eigenvalue weighted by molar-refractivity contribution is -0.139. The lowest BCUT2D eigenvalue weighted by atomic mass is 10.1. The number of anilines is 1. The van der Waals surface area contributed by atoms with Crippen LogP contribution in [0.4, 0.5) is 14.5 Å². The van der Waals surface area contributed by atoms with E-state index in [-0.39, 0.29) is 23.4 Å². The fourth-order valence-corrected chi connectivity index (χ4v) is 2.23. The summed E-state index contributed by atoms with van der Waals surface area (Å²) in [5, 5.41) is 11.0. The zero-order valence-corrected chi connectivity index (χ0v) is 13.8. The van der Waals surface area contributed by atoms with Gasteiger partial charge in [-0.05, 0) is 29.8 Å². The van der Waals surface area contributed by atoms with Crippen LogP contribution in [0.5, 0.6) is 5.75 Å². The van der Waals surface area contributed by atoms with Crippen molar-refractivity contribution in [3.05, 3.63) is 58.1 Å². The second-order valence-electron chi connectivity index (χ2n) is 4.78. The van der Waals surface area contributed by atoms with Gasteiger partial charge in [0.1, 0.15) is 17.4 Å². The highest BCUT2D eigenvalue weighted by Gasteiger charge is 2.13. The molecule has 0 aromatic heterocycles. The van der Waals surface area contributed by atoms with Crippen LogP contribution < -0.4 is 10.1 Å². The van der Waals surface area contributed by atoms with E-state index < -0.39 is 30.1 Å². The largest absolute Gasteiger partial charge is 0.480 e. The fraction of sp³-hybridized carbons (Fsp3) is 0.125. The molecule has 0 unspecified atom stereocenters. The maximum Gasteiger partial charge on any atom is 0.341 e. The lowest BCUT2D eigenvalue weighted by Gasteiger charge is -2.12. The summed E-state index contributed by atoms with van der Waals surface area (Å²) < 4.78 is 32.6. The SMILES string of the molecule is O=C(O)COc1ccc(F)cc1NC(=O)Cc1ccc(Br)cc1F. The van der Waals surface area contributed by atoms with E-state index in [9.17, 15) is 18.4 Å². The summed E-state index contributed by atoms with van der Waals surface area (Å²) >= 11 is 3.12. The number of halogens is 3. The van der Waals surface area contributed by atoms with Gasteiger partial charge in [0.15, 0.2) is 6.61 Å². The molecular formula is C16H12BrF2NO4. The Balaban J connectivity index is 2.12. The maximum atomic E-state index is 13.7. The molecule has 2 N–H and O–H groups in total. The van der Waals surface area contributed by atoms with Crippen LogP contribution in [0, 0.1) is 11.6 Å². The lowest BCUT2D eigenvalue weighted by Crippen LogP contribution is -2.17. The zero-order valence-electron chi connectivity index (χ0n) is 12.2. The molecule has 2 aromatic carbocycles. The minimum Gasteiger partial charge on any atom is -0.480 e. The second-order valence-corrected chi connectivity index (χ2v) is 5.70. The van der Waals surface area contributed by atoms with Crippen LogP contribution in [0.1, 0.15) is 5.56 Å². The number of ether oxygens (including phenoxy) is 1. The van der Waals surface area contributed by atoms with Crippen molar-refractivity contribution in [3.8, 4) is 5.75 Å². The Morgan fingerprint density at radius 1 is 1.17 bits per heavy atom. The third kappa shape index (κ3) is 5.02. The molecule has 0 atom stereocenters. The minimum atomic E-state index is -1.21. The molecule has 0 saturated heterocycles. The van der Waals surface area contributed by atoms with Crippen LogP contribution in [0.15, 0.2) is 40.9 Å². The molecule has 2 aromatic rings. The van der Waals surface area contributed by atoms with Gasteiger partial charge in [0.05, 0.1) is 12.1 Å².